The van der Waals surface area contributed by atoms with E-state index in [1.54, 1.807) is 11.3 Å². The fraction of sp³-hybridized carbons (Fsp3) is 0.667. The lowest BCUT2D eigenvalue weighted by Crippen LogP contribution is -2.53. The van der Waals surface area contributed by atoms with Gasteiger partial charge in [0.05, 0.1) is 6.04 Å². The Morgan fingerprint density at radius 2 is 2.06 bits per heavy atom. The van der Waals surface area contributed by atoms with E-state index in [0.717, 1.165) is 13.1 Å². The second kappa shape index (κ2) is 5.77. The van der Waals surface area contributed by atoms with Crippen molar-refractivity contribution in [1.82, 2.24) is 10.3 Å². The van der Waals surface area contributed by atoms with Crippen LogP contribution in [0.15, 0.2) is 17.5 Å². The molecule has 1 atom stereocenters. The highest BCUT2D eigenvalue weighted by Gasteiger charge is 2.34. The molecule has 0 bridgehead atoms. The van der Waals surface area contributed by atoms with Gasteiger partial charge >= 0.3 is 0 Å². The summed E-state index contributed by atoms with van der Waals surface area (Å²) in [5, 5.41) is 2.10. The Kier molecular flexibility index (Phi) is 4.92. The third-order valence-corrected chi connectivity index (χ3v) is 4.22. The molecule has 0 radical (unpaired) electrons. The molecule has 0 aliphatic rings. The normalized spacial score (nSPS) is 14.4. The van der Waals surface area contributed by atoms with E-state index < -0.39 is 0 Å². The van der Waals surface area contributed by atoms with Crippen molar-refractivity contribution in [2.45, 2.75) is 39.3 Å². The summed E-state index contributed by atoms with van der Waals surface area (Å²) < 4.78 is 0. The van der Waals surface area contributed by atoms with Crippen LogP contribution in [-0.4, -0.2) is 23.5 Å². The summed E-state index contributed by atoms with van der Waals surface area (Å²) in [7, 11) is 0. The molecule has 1 aromatic rings. The van der Waals surface area contributed by atoms with Gasteiger partial charge in [0.25, 0.3) is 0 Å². The lowest BCUT2D eigenvalue weighted by molar-refractivity contribution is 0.0926. The summed E-state index contributed by atoms with van der Waals surface area (Å²) in [5.74, 6) is 5.73. The standard InChI is InChI=1S/C12H23N3S/c1-5-15(6-2)12(3,4)11(14-13)10-8-7-9-16-10/h7-9,11,14H,5-6,13H2,1-4H3. The molecule has 0 aromatic carbocycles. The Hall–Kier alpha value is -0.420. The monoisotopic (exact) mass is 241 g/mol. The molecule has 1 unspecified atom stereocenters. The van der Waals surface area contributed by atoms with Crippen LogP contribution in [0.2, 0.25) is 0 Å². The van der Waals surface area contributed by atoms with Crippen molar-refractivity contribution >= 4 is 11.3 Å². The summed E-state index contributed by atoms with van der Waals surface area (Å²) in [5.41, 5.74) is 2.98. The maximum Gasteiger partial charge on any atom is 0.0731 e. The van der Waals surface area contributed by atoms with Crippen molar-refractivity contribution in [1.29, 1.82) is 0 Å². The summed E-state index contributed by atoms with van der Waals surface area (Å²) in [6, 6.07) is 4.38. The van der Waals surface area contributed by atoms with Crippen molar-refractivity contribution < 1.29 is 0 Å². The van der Waals surface area contributed by atoms with Gasteiger partial charge in [0.1, 0.15) is 0 Å². The highest BCUT2D eigenvalue weighted by molar-refractivity contribution is 7.10. The third-order valence-electron chi connectivity index (χ3n) is 3.28. The van der Waals surface area contributed by atoms with Crippen LogP contribution in [0.4, 0.5) is 0 Å². The zero-order valence-electron chi connectivity index (χ0n) is 10.7. The van der Waals surface area contributed by atoms with Crippen LogP contribution in [-0.2, 0) is 0 Å². The highest BCUT2D eigenvalue weighted by Crippen LogP contribution is 2.32. The number of nitrogens with zero attached hydrogens (tertiary/aromatic N) is 1. The first-order valence-electron chi connectivity index (χ1n) is 5.82. The predicted molar refractivity (Wildman–Crippen MR) is 71.4 cm³/mol. The van der Waals surface area contributed by atoms with Crippen LogP contribution >= 0.6 is 11.3 Å². The fourth-order valence-corrected chi connectivity index (χ4v) is 3.27. The SMILES string of the molecule is CCN(CC)C(C)(C)C(NN)c1cccs1. The number of hydrogen-bond acceptors (Lipinski definition) is 4. The van der Waals surface area contributed by atoms with Gasteiger partial charge < -0.3 is 0 Å². The number of thiophene rings is 1. The van der Waals surface area contributed by atoms with Gasteiger partial charge in [0.2, 0.25) is 0 Å². The Balaban J connectivity index is 2.94. The van der Waals surface area contributed by atoms with Gasteiger partial charge in [-0.2, -0.15) is 0 Å². The largest absolute Gasteiger partial charge is 0.297 e. The minimum atomic E-state index is 0.0170. The number of rotatable bonds is 6. The average Bonchev–Trinajstić information content (AvgIpc) is 2.73. The molecule has 0 aliphatic carbocycles. The van der Waals surface area contributed by atoms with Gasteiger partial charge in [-0.15, -0.1) is 11.3 Å². The minimum absolute atomic E-state index is 0.0170. The molecule has 4 heteroatoms. The van der Waals surface area contributed by atoms with E-state index in [2.05, 4.69) is 55.5 Å². The van der Waals surface area contributed by atoms with Gasteiger partial charge in [-0.3, -0.25) is 16.2 Å². The van der Waals surface area contributed by atoms with Crippen LogP contribution in [0.5, 0.6) is 0 Å². The van der Waals surface area contributed by atoms with Crippen LogP contribution < -0.4 is 11.3 Å². The Morgan fingerprint density at radius 3 is 2.44 bits per heavy atom. The number of hydrazine groups is 1. The van der Waals surface area contributed by atoms with Crippen LogP contribution in [0, 0.1) is 0 Å². The minimum Gasteiger partial charge on any atom is -0.297 e. The van der Waals surface area contributed by atoms with Gasteiger partial charge in [-0.05, 0) is 38.4 Å². The first-order chi connectivity index (χ1) is 7.57. The number of nitrogens with two attached hydrogens (primary N) is 1. The van der Waals surface area contributed by atoms with Crippen molar-refractivity contribution in [3.05, 3.63) is 22.4 Å². The van der Waals surface area contributed by atoms with E-state index in [1.807, 2.05) is 0 Å². The smallest absolute Gasteiger partial charge is 0.0731 e. The first kappa shape index (κ1) is 13.6. The summed E-state index contributed by atoms with van der Waals surface area (Å²) in [4.78, 5) is 3.72. The molecule has 1 heterocycles. The van der Waals surface area contributed by atoms with Gasteiger partial charge in [-0.25, -0.2) is 0 Å². The van der Waals surface area contributed by atoms with E-state index in [9.17, 15) is 0 Å². The van der Waals surface area contributed by atoms with Crippen molar-refractivity contribution in [3.63, 3.8) is 0 Å². The molecule has 0 spiro atoms. The van der Waals surface area contributed by atoms with Crippen molar-refractivity contribution in [2.24, 2.45) is 5.84 Å². The molecule has 16 heavy (non-hydrogen) atoms. The van der Waals surface area contributed by atoms with E-state index in [1.165, 1.54) is 4.88 Å². The van der Waals surface area contributed by atoms with E-state index in [4.69, 9.17) is 5.84 Å². The second-order valence-corrected chi connectivity index (χ2v) is 5.42. The number of hydrogen-bond donors (Lipinski definition) is 2. The fourth-order valence-electron chi connectivity index (χ4n) is 2.31. The molecule has 0 aliphatic heterocycles. The lowest BCUT2D eigenvalue weighted by Gasteiger charge is -2.42. The van der Waals surface area contributed by atoms with Crippen molar-refractivity contribution in [2.75, 3.05) is 13.1 Å². The quantitative estimate of drug-likeness (QED) is 0.593. The summed E-state index contributed by atoms with van der Waals surface area (Å²) >= 11 is 1.75. The molecule has 92 valence electrons. The van der Waals surface area contributed by atoms with Crippen LogP contribution in [0.1, 0.15) is 38.6 Å². The molecule has 3 nitrogen and oxygen atoms in total. The molecule has 0 amide bonds. The Morgan fingerprint density at radius 1 is 1.44 bits per heavy atom. The molecule has 1 aromatic heterocycles. The molecule has 0 fully saturated rings. The Bertz CT molecular complexity index is 291. The van der Waals surface area contributed by atoms with Crippen LogP contribution in [0.3, 0.4) is 0 Å². The molecular weight excluding hydrogens is 218 g/mol. The van der Waals surface area contributed by atoms with E-state index >= 15 is 0 Å². The highest BCUT2D eigenvalue weighted by atomic mass is 32.1. The summed E-state index contributed by atoms with van der Waals surface area (Å²) in [6.45, 7) is 10.9. The molecule has 3 N–H and O–H groups in total. The lowest BCUT2D eigenvalue weighted by atomic mass is 9.91. The zero-order chi connectivity index (χ0) is 12.2. The van der Waals surface area contributed by atoms with Crippen molar-refractivity contribution in [3.8, 4) is 0 Å². The van der Waals surface area contributed by atoms with Gasteiger partial charge in [-0.1, -0.05) is 19.9 Å². The number of likely N-dealkylation sites (N-methyl/N-ethyl adjacent to an activating group) is 1. The molecule has 0 saturated heterocycles. The molecular formula is C12H23N3S. The van der Waals surface area contributed by atoms with E-state index in [-0.39, 0.29) is 11.6 Å². The van der Waals surface area contributed by atoms with Gasteiger partial charge in [0, 0.05) is 10.4 Å². The molecule has 0 saturated carbocycles. The van der Waals surface area contributed by atoms with E-state index in [0.29, 0.717) is 0 Å². The maximum atomic E-state index is 5.73. The zero-order valence-corrected chi connectivity index (χ0v) is 11.5. The van der Waals surface area contributed by atoms with Crippen LogP contribution in [0.25, 0.3) is 0 Å². The molecule has 1 rings (SSSR count). The average molecular weight is 241 g/mol. The topological polar surface area (TPSA) is 41.3 Å². The maximum absolute atomic E-state index is 5.73. The predicted octanol–water partition coefficient (Wildman–Crippen LogP) is 2.37. The first-order valence-corrected chi connectivity index (χ1v) is 6.70. The Labute approximate surface area is 103 Å². The number of nitrogens with one attached hydrogen (secondary N) is 1. The van der Waals surface area contributed by atoms with Gasteiger partial charge in [0.15, 0.2) is 0 Å². The third kappa shape index (κ3) is 2.63. The second-order valence-electron chi connectivity index (χ2n) is 4.44. The summed E-state index contributed by atoms with van der Waals surface area (Å²) in [6.07, 6.45) is 0.